The number of rotatable bonds is 25. The van der Waals surface area contributed by atoms with Gasteiger partial charge >= 0.3 is 11.9 Å². The number of primary amides is 1. The molecule has 0 saturated carbocycles. The number of likely N-dealkylation sites (N-methyl/N-ethyl adjacent to an activating group) is 3. The molecule has 3 aliphatic rings. The normalized spacial score (nSPS) is 24.1. The summed E-state index contributed by atoms with van der Waals surface area (Å²) in [6.07, 6.45) is -3.86. The fourth-order valence-electron chi connectivity index (χ4n) is 15.2. The molecule has 0 spiro atoms. The van der Waals surface area contributed by atoms with E-state index in [4.69, 9.17) is 17.2 Å². The largest absolute Gasteiger partial charge is 0.508 e. The molecule has 7 rings (SSSR count). The zero-order chi connectivity index (χ0) is 94.3. The molecule has 3 saturated heterocycles. The van der Waals surface area contributed by atoms with E-state index < -0.39 is 270 Å². The van der Waals surface area contributed by atoms with Gasteiger partial charge in [0, 0.05) is 72.1 Å². The number of halogens is 4. The molecule has 15 amide bonds. The summed E-state index contributed by atoms with van der Waals surface area (Å²) in [5, 5.41) is 53.2. The summed E-state index contributed by atoms with van der Waals surface area (Å²) in [6, 6.07) is -2.40. The van der Waals surface area contributed by atoms with E-state index in [1.807, 2.05) is 0 Å². The maximum Gasteiger partial charge on any atom is 0.305 e. The minimum atomic E-state index is -1.97. The lowest BCUT2D eigenvalue weighted by molar-refractivity contribution is -0.152. The van der Waals surface area contributed by atoms with Crippen molar-refractivity contribution in [3.05, 3.63) is 137 Å². The predicted molar refractivity (Wildman–Crippen MR) is 456 cm³/mol. The number of carboxylic acids is 2. The number of amides is 15. The SMILES string of the molecule is CCCC[C@H]1C(=O)N2CCC[C@@H]2C(=O)N[C@@H](CC(=O)O)C(=O)N[C@@H](C(C)C)C(=O)N(C)[C@@H](Cc2ccccc2)C(=O)N[C@@H](CCN)C(=O)N2CCCC[C@@H]2C(=O)N[C@H](CCC(=O)O)C(=O)N[C@@H](Cc2ccc(O)cc2)C(=O)N[C@@H](CCCN)C(=O)N[C@H](C(=O)NCC(N)=O)CSCC(=O)N[C@@H](Cc2cc(F)c(F)c(F)c2)C(=O)N(C)[C@@H](Cc2ccc(F)cc2)C(=O)N1C. The Morgan fingerprint density at radius 3 is 1.63 bits per heavy atom. The number of carboxylic acid groups (broad SMARTS) is 2. The third-order valence-corrected chi connectivity index (χ3v) is 23.4. The highest BCUT2D eigenvalue weighted by atomic mass is 32.2. The highest BCUT2D eigenvalue weighted by Gasteiger charge is 2.46. The highest BCUT2D eigenvalue weighted by molar-refractivity contribution is 8.00. The molecule has 0 aromatic heterocycles. The number of nitrogens with zero attached hydrogens (tertiary/aromatic N) is 5. The standard InChI is InChI=1S/C86H115F4N17O20S/c1-7-8-19-65-85(126)107-36-15-21-64(107)80(121)100-60(43-71(113)114)78(119)102-73(47(2)3)86(127)104(5)66(41-48-16-10-9-11-17-48)81(122)98-58(32-34-92)83(124)106-35-13-12-20-63(106)79(120)97-57(30-31-70(111)112)76(117)99-59(39-49-24-28-53(108)29-25-49)77(118)96-56(18-14-33-91)75(116)101-62(74(115)94-44-68(93)109)45-128-46-69(110)95-61(40-51-37-54(88)72(90)55(89)38-51)82(123)105(6)67(84(125)103(65)4)42-50-22-26-52(87)27-23-50/h9-11,16-17,22-29,37-38,47,56-67,73,108H,7-8,12-15,18-21,30-36,39-46,91-92H2,1-6H3,(H2,93,109)(H,94,115)(H,95,110)(H,96,118)(H,97,120)(H,98,122)(H,99,117)(H,100,121)(H,101,116)(H,102,119)(H,111,112)(H,113,114)/t56-,57+,58-,59-,60-,61-,62-,63+,64+,65-,66-,67-,73-/m0/s1. The summed E-state index contributed by atoms with van der Waals surface area (Å²) in [4.78, 5) is 252. The highest BCUT2D eigenvalue weighted by Crippen LogP contribution is 2.28. The van der Waals surface area contributed by atoms with Gasteiger partial charge in [-0.15, -0.1) is 11.8 Å². The second kappa shape index (κ2) is 49.7. The molecule has 4 aromatic rings. The Kier molecular flexibility index (Phi) is 39.9. The van der Waals surface area contributed by atoms with Crippen molar-refractivity contribution in [2.75, 3.05) is 65.4 Å². The summed E-state index contributed by atoms with van der Waals surface area (Å²) in [5.41, 5.74) is 18.0. The molecule has 4 aromatic carbocycles. The van der Waals surface area contributed by atoms with E-state index in [9.17, 15) is 76.8 Å². The van der Waals surface area contributed by atoms with Gasteiger partial charge in [0.15, 0.2) is 17.5 Å². The van der Waals surface area contributed by atoms with Crippen LogP contribution in [-0.4, -0.2) is 284 Å². The molecule has 37 nitrogen and oxygen atoms in total. The second-order valence-corrected chi connectivity index (χ2v) is 33.2. The lowest BCUT2D eigenvalue weighted by atomic mass is 9.97. The van der Waals surface area contributed by atoms with Gasteiger partial charge in [-0.3, -0.25) is 81.5 Å². The number of hydrogen-bond donors (Lipinski definition) is 15. The van der Waals surface area contributed by atoms with E-state index in [1.54, 1.807) is 37.3 Å². The summed E-state index contributed by atoms with van der Waals surface area (Å²) >= 11 is 0.606. The second-order valence-electron chi connectivity index (χ2n) is 32.2. The van der Waals surface area contributed by atoms with Crippen molar-refractivity contribution >= 4 is 112 Å². The number of carbonyl (C=O) groups excluding carboxylic acids is 15. The van der Waals surface area contributed by atoms with Crippen LogP contribution < -0.4 is 65.1 Å². The van der Waals surface area contributed by atoms with Gasteiger partial charge in [-0.05, 0) is 142 Å². The van der Waals surface area contributed by atoms with Crippen LogP contribution in [0.25, 0.3) is 0 Å². The summed E-state index contributed by atoms with van der Waals surface area (Å²) < 4.78 is 59.5. The first-order valence-electron chi connectivity index (χ1n) is 42.3. The first kappa shape index (κ1) is 103. The Morgan fingerprint density at radius 2 is 1.02 bits per heavy atom. The topological polar surface area (TPSA) is 553 Å². The average Bonchev–Trinajstić information content (AvgIpc) is 1.28. The molecule has 0 radical (unpaired) electrons. The number of aromatic hydroxyl groups is 1. The van der Waals surface area contributed by atoms with Crippen LogP contribution in [0.4, 0.5) is 17.6 Å². The summed E-state index contributed by atoms with van der Waals surface area (Å²) in [5.74, 6) is -27.1. The number of unbranched alkanes of at least 4 members (excludes halogenated alkanes) is 1. The fourth-order valence-corrected chi connectivity index (χ4v) is 16.1. The van der Waals surface area contributed by atoms with Crippen molar-refractivity contribution in [3.63, 3.8) is 0 Å². The van der Waals surface area contributed by atoms with Crippen LogP contribution in [0, 0.1) is 29.2 Å². The van der Waals surface area contributed by atoms with Crippen LogP contribution >= 0.6 is 11.8 Å². The lowest BCUT2D eigenvalue weighted by Crippen LogP contribution is -2.63. The maximum atomic E-state index is 15.6. The van der Waals surface area contributed by atoms with E-state index in [2.05, 4.69) is 47.9 Å². The first-order chi connectivity index (χ1) is 60.7. The minimum absolute atomic E-state index is 0.0120. The smallest absolute Gasteiger partial charge is 0.305 e. The zero-order valence-electron chi connectivity index (χ0n) is 72.1. The van der Waals surface area contributed by atoms with Crippen LogP contribution in [0.15, 0.2) is 91.0 Å². The van der Waals surface area contributed by atoms with Crippen LogP contribution in [0.3, 0.4) is 0 Å². The molecule has 3 aliphatic heterocycles. The van der Waals surface area contributed by atoms with E-state index >= 15 is 37.5 Å². The Balaban J connectivity index is 1.34. The van der Waals surface area contributed by atoms with Crippen LogP contribution in [0.2, 0.25) is 0 Å². The van der Waals surface area contributed by atoms with Crippen LogP contribution in [0.1, 0.15) is 133 Å². The molecule has 0 aliphatic carbocycles. The minimum Gasteiger partial charge on any atom is -0.508 e. The molecule has 0 unspecified atom stereocenters. The Labute approximate surface area is 741 Å². The number of hydrogen-bond acceptors (Lipinski definition) is 21. The molecule has 18 N–H and O–H groups in total. The number of fused-ring (bicyclic) bond motifs is 2. The van der Waals surface area contributed by atoms with Crippen molar-refractivity contribution in [2.45, 2.75) is 215 Å². The number of piperidine rings is 1. The molecule has 42 heteroatoms. The van der Waals surface area contributed by atoms with Crippen LogP contribution in [0.5, 0.6) is 5.75 Å². The van der Waals surface area contributed by atoms with Gasteiger partial charge in [0.2, 0.25) is 88.6 Å². The number of benzene rings is 4. The molecule has 13 atom stereocenters. The molecular weight excluding hydrogens is 1700 g/mol. The number of phenols is 1. The fraction of sp³-hybridized carbons (Fsp3) is 0.523. The Bertz CT molecular complexity index is 4600. The third-order valence-electron chi connectivity index (χ3n) is 22.3. The van der Waals surface area contributed by atoms with Gasteiger partial charge < -0.3 is 105 Å². The number of nitrogens with one attached hydrogen (secondary N) is 9. The van der Waals surface area contributed by atoms with E-state index in [0.29, 0.717) is 48.7 Å². The molecule has 0 bridgehead atoms. The summed E-state index contributed by atoms with van der Waals surface area (Å²) in [7, 11) is 3.58. The number of carbonyl (C=O) groups is 17. The first-order valence-corrected chi connectivity index (χ1v) is 43.4. The van der Waals surface area contributed by atoms with Crippen LogP contribution in [-0.2, 0) is 107 Å². The van der Waals surface area contributed by atoms with Crippen molar-refractivity contribution < 1.29 is 114 Å². The number of thioether (sulfide) groups is 1. The van der Waals surface area contributed by atoms with Crippen molar-refractivity contribution in [3.8, 4) is 5.75 Å². The predicted octanol–water partition coefficient (Wildman–Crippen LogP) is -0.428. The number of phenolic OH excluding ortho intramolecular Hbond substituents is 1. The van der Waals surface area contributed by atoms with Gasteiger partial charge in [0.25, 0.3) is 0 Å². The maximum absolute atomic E-state index is 15.6. The van der Waals surface area contributed by atoms with E-state index in [0.717, 1.165) is 43.7 Å². The van der Waals surface area contributed by atoms with Gasteiger partial charge in [-0.1, -0.05) is 88.2 Å². The van der Waals surface area contributed by atoms with Gasteiger partial charge in [0.05, 0.1) is 18.7 Å². The summed E-state index contributed by atoms with van der Waals surface area (Å²) in [6.45, 7) is 3.39. The molecular formula is C86H115F4N17O20S. The quantitative estimate of drug-likeness (QED) is 0.0296. The monoisotopic (exact) mass is 1810 g/mol. The van der Waals surface area contributed by atoms with E-state index in [1.165, 1.54) is 64.3 Å². The third kappa shape index (κ3) is 29.9. The van der Waals surface area contributed by atoms with Gasteiger partial charge in [0.1, 0.15) is 90.1 Å². The van der Waals surface area contributed by atoms with Gasteiger partial charge in [-0.25, -0.2) is 17.6 Å². The van der Waals surface area contributed by atoms with Crippen molar-refractivity contribution in [2.24, 2.45) is 23.1 Å². The number of aliphatic carboxylic acids is 2. The number of nitrogens with two attached hydrogens (primary N) is 3. The van der Waals surface area contributed by atoms with Crippen molar-refractivity contribution in [1.29, 1.82) is 0 Å². The molecule has 128 heavy (non-hydrogen) atoms. The van der Waals surface area contributed by atoms with E-state index in [-0.39, 0.29) is 101 Å². The molecule has 3 fully saturated rings. The molecule has 3 heterocycles. The van der Waals surface area contributed by atoms with Crippen molar-refractivity contribution in [1.82, 2.24) is 72.4 Å². The molecule has 698 valence electrons. The Morgan fingerprint density at radius 1 is 0.500 bits per heavy atom. The average molecular weight is 1820 g/mol. The zero-order valence-corrected chi connectivity index (χ0v) is 72.9. The van der Waals surface area contributed by atoms with Gasteiger partial charge in [-0.2, -0.15) is 0 Å². The lowest BCUT2D eigenvalue weighted by Gasteiger charge is -2.38. The Hall–Kier alpha value is -12.3.